The van der Waals surface area contributed by atoms with Crippen LogP contribution in [0.15, 0.2) is 59.5 Å². The first-order chi connectivity index (χ1) is 15.6. The number of hydrogen-bond donors (Lipinski definition) is 1. The molecule has 9 nitrogen and oxygen atoms in total. The Morgan fingerprint density at radius 3 is 2.09 bits per heavy atom. The molecule has 0 aromatic heterocycles. The summed E-state index contributed by atoms with van der Waals surface area (Å²) in [5.41, 5.74) is 1.40. The van der Waals surface area contributed by atoms with E-state index in [0.29, 0.717) is 38.2 Å². The number of carbonyl (C=O) groups is 1. The van der Waals surface area contributed by atoms with Crippen LogP contribution in [0, 0.1) is 0 Å². The van der Waals surface area contributed by atoms with E-state index in [-0.39, 0.29) is 23.1 Å². The lowest BCUT2D eigenvalue weighted by Gasteiger charge is -2.35. The van der Waals surface area contributed by atoms with Crippen molar-refractivity contribution in [2.75, 3.05) is 57.5 Å². The summed E-state index contributed by atoms with van der Waals surface area (Å²) >= 11 is 0. The zero-order valence-electron chi connectivity index (χ0n) is 18.8. The van der Waals surface area contributed by atoms with Gasteiger partial charge < -0.3 is 10.2 Å². The molecule has 1 aliphatic rings. The van der Waals surface area contributed by atoms with Gasteiger partial charge >= 0.3 is 0 Å². The molecule has 0 spiro atoms. The summed E-state index contributed by atoms with van der Waals surface area (Å²) in [7, 11) is -4.08. The van der Waals surface area contributed by atoms with Gasteiger partial charge in [-0.1, -0.05) is 18.2 Å². The average Bonchev–Trinajstić information content (AvgIpc) is 2.82. The molecule has 1 fully saturated rings. The largest absolute Gasteiger partial charge is 0.369 e. The molecular weight excluding hydrogens is 464 g/mol. The fourth-order valence-corrected chi connectivity index (χ4v) is 5.93. The molecule has 1 aliphatic heterocycles. The molecule has 1 heterocycles. The zero-order valence-corrected chi connectivity index (χ0v) is 20.5. The molecule has 33 heavy (non-hydrogen) atoms. The van der Waals surface area contributed by atoms with Gasteiger partial charge in [-0.2, -0.15) is 4.31 Å². The standard InChI is InChI=1S/C22H30N4O5S2/c1-24(2)33(30,31)21-11-9-19(10-12-21)22(27)23-13-6-18-32(28,29)26-16-14-25(15-17-26)20-7-4-3-5-8-20/h3-5,7-12H,6,13-18H2,1-2H3,(H,23,27). The zero-order chi connectivity index (χ0) is 24.1. The highest BCUT2D eigenvalue weighted by Crippen LogP contribution is 2.17. The first kappa shape index (κ1) is 25.2. The Kier molecular flexibility index (Phi) is 8.11. The fourth-order valence-electron chi connectivity index (χ4n) is 3.54. The predicted octanol–water partition coefficient (Wildman–Crippen LogP) is 1.21. The van der Waals surface area contributed by atoms with Gasteiger partial charge in [0.25, 0.3) is 5.91 Å². The molecule has 0 radical (unpaired) electrons. The molecule has 3 rings (SSSR count). The summed E-state index contributed by atoms with van der Waals surface area (Å²) < 4.78 is 52.1. The minimum atomic E-state index is -3.56. The van der Waals surface area contributed by atoms with Gasteiger partial charge in [0.05, 0.1) is 10.6 Å². The molecular formula is C22H30N4O5S2. The number of amides is 1. The average molecular weight is 495 g/mol. The summed E-state index contributed by atoms with van der Waals surface area (Å²) in [5.74, 6) is -0.420. The Hall–Kier alpha value is -2.47. The molecule has 0 bridgehead atoms. The second-order valence-corrected chi connectivity index (χ2v) is 12.2. The Balaban J connectivity index is 1.44. The Bertz CT molecular complexity index is 1140. The van der Waals surface area contributed by atoms with Crippen molar-refractivity contribution in [3.8, 4) is 0 Å². The SMILES string of the molecule is CN(C)S(=O)(=O)c1ccc(C(=O)NCCCS(=O)(=O)N2CCN(c3ccccc3)CC2)cc1. The third-order valence-corrected chi connectivity index (χ3v) is 9.30. The van der Waals surface area contributed by atoms with Crippen LogP contribution in [0.25, 0.3) is 0 Å². The molecule has 1 amide bonds. The van der Waals surface area contributed by atoms with E-state index in [2.05, 4.69) is 10.2 Å². The maximum Gasteiger partial charge on any atom is 0.251 e. The number of nitrogens with zero attached hydrogens (tertiary/aromatic N) is 3. The molecule has 0 unspecified atom stereocenters. The lowest BCUT2D eigenvalue weighted by Crippen LogP contribution is -2.49. The maximum absolute atomic E-state index is 12.7. The van der Waals surface area contributed by atoms with Crippen LogP contribution in [0.2, 0.25) is 0 Å². The number of benzene rings is 2. The quantitative estimate of drug-likeness (QED) is 0.525. The first-order valence-electron chi connectivity index (χ1n) is 10.7. The van der Waals surface area contributed by atoms with Gasteiger partial charge in [-0.25, -0.2) is 21.1 Å². The highest BCUT2D eigenvalue weighted by atomic mass is 32.2. The van der Waals surface area contributed by atoms with Crippen molar-refractivity contribution in [2.24, 2.45) is 0 Å². The van der Waals surface area contributed by atoms with E-state index in [0.717, 1.165) is 9.99 Å². The van der Waals surface area contributed by atoms with Crippen LogP contribution in [-0.2, 0) is 20.0 Å². The van der Waals surface area contributed by atoms with Crippen molar-refractivity contribution < 1.29 is 21.6 Å². The third kappa shape index (κ3) is 6.32. The normalized spacial score (nSPS) is 15.5. The van der Waals surface area contributed by atoms with Crippen LogP contribution >= 0.6 is 0 Å². The summed E-state index contributed by atoms with van der Waals surface area (Å²) in [4.78, 5) is 14.6. The van der Waals surface area contributed by atoms with Crippen LogP contribution in [0.5, 0.6) is 0 Å². The molecule has 2 aromatic rings. The number of para-hydroxylation sites is 1. The minimum Gasteiger partial charge on any atom is -0.369 e. The molecule has 0 atom stereocenters. The fraction of sp³-hybridized carbons (Fsp3) is 0.409. The van der Waals surface area contributed by atoms with Gasteiger partial charge in [-0.15, -0.1) is 0 Å². The molecule has 11 heteroatoms. The molecule has 0 aliphatic carbocycles. The summed E-state index contributed by atoms with van der Waals surface area (Å²) in [6.07, 6.45) is 0.292. The van der Waals surface area contributed by atoms with Crippen molar-refractivity contribution in [3.63, 3.8) is 0 Å². The number of anilines is 1. The second kappa shape index (κ2) is 10.6. The predicted molar refractivity (Wildman–Crippen MR) is 128 cm³/mol. The smallest absolute Gasteiger partial charge is 0.251 e. The van der Waals surface area contributed by atoms with Gasteiger partial charge in [0.15, 0.2) is 0 Å². The van der Waals surface area contributed by atoms with E-state index in [1.807, 2.05) is 30.3 Å². The summed E-state index contributed by atoms with van der Waals surface area (Å²) in [5, 5.41) is 2.69. The topological polar surface area (TPSA) is 107 Å². The second-order valence-electron chi connectivity index (χ2n) is 7.96. The third-order valence-electron chi connectivity index (χ3n) is 5.51. The van der Waals surface area contributed by atoms with E-state index >= 15 is 0 Å². The van der Waals surface area contributed by atoms with Crippen molar-refractivity contribution in [1.29, 1.82) is 0 Å². The van der Waals surface area contributed by atoms with E-state index in [1.165, 1.54) is 42.7 Å². The van der Waals surface area contributed by atoms with Crippen molar-refractivity contribution in [1.82, 2.24) is 13.9 Å². The van der Waals surface area contributed by atoms with Crippen molar-refractivity contribution in [3.05, 3.63) is 60.2 Å². The number of hydrogen-bond acceptors (Lipinski definition) is 6. The lowest BCUT2D eigenvalue weighted by atomic mass is 10.2. The van der Waals surface area contributed by atoms with Crippen LogP contribution in [0.3, 0.4) is 0 Å². The maximum atomic E-state index is 12.7. The summed E-state index contributed by atoms with van der Waals surface area (Å²) in [6, 6.07) is 15.5. The molecule has 180 valence electrons. The number of rotatable bonds is 9. The van der Waals surface area contributed by atoms with E-state index in [4.69, 9.17) is 0 Å². The molecule has 1 saturated heterocycles. The van der Waals surface area contributed by atoms with Gasteiger partial charge in [0.1, 0.15) is 0 Å². The summed E-state index contributed by atoms with van der Waals surface area (Å²) in [6.45, 7) is 2.36. The number of carbonyl (C=O) groups excluding carboxylic acids is 1. The molecule has 0 saturated carbocycles. The lowest BCUT2D eigenvalue weighted by molar-refractivity contribution is 0.0953. The highest BCUT2D eigenvalue weighted by Gasteiger charge is 2.26. The highest BCUT2D eigenvalue weighted by molar-refractivity contribution is 7.89. The monoisotopic (exact) mass is 494 g/mol. The van der Waals surface area contributed by atoms with Crippen LogP contribution in [0.1, 0.15) is 16.8 Å². The number of nitrogens with one attached hydrogen (secondary N) is 1. The molecule has 1 N–H and O–H groups in total. The van der Waals surface area contributed by atoms with E-state index in [9.17, 15) is 21.6 Å². The number of piperazine rings is 1. The first-order valence-corrected chi connectivity index (χ1v) is 13.7. The van der Waals surface area contributed by atoms with Crippen LogP contribution in [-0.4, -0.2) is 83.9 Å². The van der Waals surface area contributed by atoms with Gasteiger partial charge in [-0.3, -0.25) is 4.79 Å². The van der Waals surface area contributed by atoms with Crippen LogP contribution in [0.4, 0.5) is 5.69 Å². The minimum absolute atomic E-state index is 0.0430. The van der Waals surface area contributed by atoms with Gasteiger partial charge in [0.2, 0.25) is 20.0 Å². The van der Waals surface area contributed by atoms with Crippen molar-refractivity contribution in [2.45, 2.75) is 11.3 Å². The molecule has 2 aromatic carbocycles. The Morgan fingerprint density at radius 2 is 1.52 bits per heavy atom. The van der Waals surface area contributed by atoms with E-state index in [1.54, 1.807) is 0 Å². The van der Waals surface area contributed by atoms with E-state index < -0.39 is 20.0 Å². The van der Waals surface area contributed by atoms with Gasteiger partial charge in [-0.05, 0) is 42.8 Å². The van der Waals surface area contributed by atoms with Crippen molar-refractivity contribution >= 4 is 31.6 Å². The van der Waals surface area contributed by atoms with Gasteiger partial charge in [0, 0.05) is 58.1 Å². The number of sulfonamides is 2. The van der Waals surface area contributed by atoms with Crippen LogP contribution < -0.4 is 10.2 Å². The Morgan fingerprint density at radius 1 is 0.909 bits per heavy atom. The Labute approximate surface area is 196 Å².